The molecule has 0 radical (unpaired) electrons. The van der Waals surface area contributed by atoms with Gasteiger partial charge >= 0.3 is 0 Å². The highest BCUT2D eigenvalue weighted by Crippen LogP contribution is 2.39. The highest BCUT2D eigenvalue weighted by atomic mass is 127. The van der Waals surface area contributed by atoms with Crippen LogP contribution in [0.2, 0.25) is 0 Å². The summed E-state index contributed by atoms with van der Waals surface area (Å²) in [5.41, 5.74) is 9.15. The first-order valence-electron chi connectivity index (χ1n) is 7.71. The summed E-state index contributed by atoms with van der Waals surface area (Å²) in [7, 11) is 0. The number of aryl methyl sites for hydroxylation is 2. The lowest BCUT2D eigenvalue weighted by atomic mass is 10.0. The number of halogens is 1. The summed E-state index contributed by atoms with van der Waals surface area (Å²) in [4.78, 5) is 24.8. The maximum atomic E-state index is 11.9. The second-order valence-corrected chi connectivity index (χ2v) is 7.30. The number of rotatable bonds is 3. The van der Waals surface area contributed by atoms with Crippen LogP contribution >= 0.6 is 35.7 Å². The lowest BCUT2D eigenvalue weighted by Gasteiger charge is -2.49. The number of nitrogens with zero attached hydrogens (tertiary/aromatic N) is 2. The van der Waals surface area contributed by atoms with Crippen LogP contribution in [-0.2, 0) is 29.0 Å². The quantitative estimate of drug-likeness (QED) is 0.368. The predicted molar refractivity (Wildman–Crippen MR) is 97.2 cm³/mol. The third kappa shape index (κ3) is 2.74. The van der Waals surface area contributed by atoms with E-state index in [1.807, 2.05) is 10.8 Å². The molecule has 128 valence electrons. The van der Waals surface area contributed by atoms with Gasteiger partial charge in [-0.15, -0.1) is 35.7 Å². The van der Waals surface area contributed by atoms with Gasteiger partial charge < -0.3 is 15.6 Å². The second kappa shape index (κ2) is 6.64. The normalized spacial score (nSPS) is 24.9. The topological polar surface area (TPSA) is 90.3 Å². The number of fused-ring (bicyclic) bond motifs is 2. The number of hydrogen-bond acceptors (Lipinski definition) is 5. The van der Waals surface area contributed by atoms with E-state index in [0.29, 0.717) is 17.9 Å². The summed E-state index contributed by atoms with van der Waals surface area (Å²) < 4.78 is 1.99. The Morgan fingerprint density at radius 2 is 2.17 bits per heavy atom. The van der Waals surface area contributed by atoms with Gasteiger partial charge in [-0.25, -0.2) is 4.57 Å². The molecule has 4 rings (SSSR count). The Hall–Kier alpha value is -1.13. The van der Waals surface area contributed by atoms with E-state index in [2.05, 4.69) is 12.3 Å². The molecule has 2 unspecified atom stereocenters. The molecule has 3 aliphatic rings. The molecule has 0 aromatic carbocycles. The van der Waals surface area contributed by atoms with E-state index in [-0.39, 0.29) is 41.0 Å². The Morgan fingerprint density at radius 1 is 1.42 bits per heavy atom. The van der Waals surface area contributed by atoms with Crippen molar-refractivity contribution >= 4 is 47.6 Å². The van der Waals surface area contributed by atoms with Crippen LogP contribution in [0.1, 0.15) is 17.5 Å². The van der Waals surface area contributed by atoms with E-state index in [9.17, 15) is 14.7 Å². The average molecular weight is 459 g/mol. The molecule has 0 bridgehead atoms. The minimum absolute atomic E-state index is 0. The third-order valence-corrected chi connectivity index (χ3v) is 6.11. The Morgan fingerprint density at radius 3 is 2.92 bits per heavy atom. The number of pyridine rings is 1. The van der Waals surface area contributed by atoms with Gasteiger partial charge in [0.1, 0.15) is 11.4 Å². The fraction of sp³-hybridized carbons (Fsp3) is 0.438. The van der Waals surface area contributed by atoms with Crippen molar-refractivity contribution in [3.63, 3.8) is 0 Å². The molecule has 6 nitrogen and oxygen atoms in total. The van der Waals surface area contributed by atoms with E-state index in [0.717, 1.165) is 12.8 Å². The van der Waals surface area contributed by atoms with E-state index in [1.165, 1.54) is 34.2 Å². The first-order valence-corrected chi connectivity index (χ1v) is 8.75. The lowest BCUT2D eigenvalue weighted by Crippen LogP contribution is -2.69. The van der Waals surface area contributed by atoms with Crippen molar-refractivity contribution in [3.05, 3.63) is 40.9 Å². The molecule has 1 aromatic heterocycles. The third-order valence-electron chi connectivity index (χ3n) is 4.75. The van der Waals surface area contributed by atoms with Gasteiger partial charge in [-0.05, 0) is 24.8 Å². The maximum Gasteiger partial charge on any atom is 0.248 e. The van der Waals surface area contributed by atoms with E-state index in [4.69, 9.17) is 5.73 Å². The van der Waals surface area contributed by atoms with Crippen LogP contribution in [0, 0.1) is 0 Å². The number of carboxylic acid groups (broad SMARTS) is 1. The fourth-order valence-electron chi connectivity index (χ4n) is 3.57. The molecular formula is C16H18IN3O3S. The largest absolute Gasteiger partial charge is 0.543 e. The highest BCUT2D eigenvalue weighted by Gasteiger charge is 2.50. The Labute approximate surface area is 161 Å². The summed E-state index contributed by atoms with van der Waals surface area (Å²) >= 11 is 1.52. The number of hydrogen-bond donors (Lipinski definition) is 1. The summed E-state index contributed by atoms with van der Waals surface area (Å²) in [6.45, 7) is 0.454. The molecule has 24 heavy (non-hydrogen) atoms. The Kier molecular flexibility index (Phi) is 4.89. The predicted octanol–water partition coefficient (Wildman–Crippen LogP) is -0.673. The SMILES string of the molecule is I.NC1C(=O)N2C(C(=O)[O-])=C(C[n+]3ccc4c(c3)CCC4)CSC12. The Balaban J connectivity index is 0.00000169. The number of β-lactam (4-membered cyclic amide) rings is 1. The lowest BCUT2D eigenvalue weighted by molar-refractivity contribution is -0.689. The zero-order valence-corrected chi connectivity index (χ0v) is 16.1. The van der Waals surface area contributed by atoms with Gasteiger partial charge in [-0.2, -0.15) is 0 Å². The minimum Gasteiger partial charge on any atom is -0.543 e. The maximum absolute atomic E-state index is 11.9. The molecule has 1 saturated heterocycles. The van der Waals surface area contributed by atoms with Crippen molar-refractivity contribution in [2.45, 2.75) is 37.2 Å². The zero-order valence-electron chi connectivity index (χ0n) is 12.9. The smallest absolute Gasteiger partial charge is 0.248 e. The van der Waals surface area contributed by atoms with E-state index >= 15 is 0 Å². The highest BCUT2D eigenvalue weighted by molar-refractivity contribution is 14.0. The average Bonchev–Trinajstić information content (AvgIpc) is 3.01. The molecular weight excluding hydrogens is 441 g/mol. The summed E-state index contributed by atoms with van der Waals surface area (Å²) in [6.07, 6.45) is 7.41. The van der Waals surface area contributed by atoms with Gasteiger partial charge in [-0.3, -0.25) is 9.69 Å². The van der Waals surface area contributed by atoms with Crippen molar-refractivity contribution < 1.29 is 19.3 Å². The Bertz CT molecular complexity index is 752. The molecule has 1 amide bonds. The second-order valence-electron chi connectivity index (χ2n) is 6.20. The van der Waals surface area contributed by atoms with Crippen LogP contribution in [0.4, 0.5) is 0 Å². The van der Waals surface area contributed by atoms with Gasteiger partial charge in [0.15, 0.2) is 18.9 Å². The number of nitrogens with two attached hydrogens (primary N) is 1. The number of thioether (sulfide) groups is 1. The van der Waals surface area contributed by atoms with Crippen LogP contribution in [0.5, 0.6) is 0 Å². The molecule has 1 aliphatic carbocycles. The molecule has 2 aliphatic heterocycles. The molecule has 0 saturated carbocycles. The molecule has 1 fully saturated rings. The van der Waals surface area contributed by atoms with E-state index in [1.54, 1.807) is 0 Å². The van der Waals surface area contributed by atoms with Gasteiger partial charge in [0.2, 0.25) is 5.91 Å². The molecule has 1 aromatic rings. The number of carbonyl (C=O) groups is 2. The zero-order chi connectivity index (χ0) is 16.1. The molecule has 8 heteroatoms. The molecule has 2 N–H and O–H groups in total. The monoisotopic (exact) mass is 459 g/mol. The molecule has 0 spiro atoms. The number of amides is 1. The van der Waals surface area contributed by atoms with Crippen molar-refractivity contribution in [2.75, 3.05) is 5.75 Å². The van der Waals surface area contributed by atoms with Gasteiger partial charge in [0.05, 0.1) is 11.7 Å². The number of carboxylic acids is 1. The summed E-state index contributed by atoms with van der Waals surface area (Å²) in [6, 6.07) is 1.49. The summed E-state index contributed by atoms with van der Waals surface area (Å²) in [5, 5.41) is 11.3. The fourth-order valence-corrected chi connectivity index (χ4v) is 4.85. The molecule has 3 heterocycles. The summed E-state index contributed by atoms with van der Waals surface area (Å²) in [5.74, 6) is -1.08. The van der Waals surface area contributed by atoms with Gasteiger partial charge in [0.25, 0.3) is 0 Å². The standard InChI is InChI=1S/C16H17N3O3S.HI/c17-12-14(20)19-13(16(21)22)11(8-23-15(12)19)7-18-5-4-9-2-1-3-10(9)6-18;/h4-6,12,15H,1-3,7-8,17H2;1H. The number of aliphatic carboxylic acids is 1. The van der Waals surface area contributed by atoms with Crippen molar-refractivity contribution in [1.29, 1.82) is 0 Å². The van der Waals surface area contributed by atoms with Crippen LogP contribution in [0.15, 0.2) is 29.7 Å². The van der Waals surface area contributed by atoms with Crippen LogP contribution in [0.3, 0.4) is 0 Å². The number of carbonyl (C=O) groups excluding carboxylic acids is 2. The van der Waals surface area contributed by atoms with Gasteiger partial charge in [-0.1, -0.05) is 0 Å². The van der Waals surface area contributed by atoms with E-state index < -0.39 is 12.0 Å². The minimum atomic E-state index is -1.30. The van der Waals surface area contributed by atoms with Crippen molar-refractivity contribution in [2.24, 2.45) is 5.73 Å². The van der Waals surface area contributed by atoms with Gasteiger partial charge in [0, 0.05) is 23.0 Å². The number of aromatic nitrogens is 1. The van der Waals surface area contributed by atoms with Crippen molar-refractivity contribution in [3.8, 4) is 0 Å². The van der Waals surface area contributed by atoms with Crippen LogP contribution in [-0.4, -0.2) is 33.9 Å². The van der Waals surface area contributed by atoms with Crippen LogP contribution < -0.4 is 15.4 Å². The molecule has 2 atom stereocenters. The van der Waals surface area contributed by atoms with Crippen LogP contribution in [0.25, 0.3) is 0 Å². The van der Waals surface area contributed by atoms with Crippen molar-refractivity contribution in [1.82, 2.24) is 4.90 Å². The first kappa shape index (κ1) is 17.7. The first-order chi connectivity index (χ1) is 11.1.